The van der Waals surface area contributed by atoms with Gasteiger partial charge in [-0.25, -0.2) is 22.9 Å². The van der Waals surface area contributed by atoms with Crippen molar-refractivity contribution in [2.75, 3.05) is 11.9 Å². The van der Waals surface area contributed by atoms with Gasteiger partial charge in [0.05, 0.1) is 12.2 Å². The van der Waals surface area contributed by atoms with Gasteiger partial charge in [0, 0.05) is 24.4 Å². The van der Waals surface area contributed by atoms with Gasteiger partial charge >= 0.3 is 18.2 Å². The van der Waals surface area contributed by atoms with E-state index in [0.717, 1.165) is 17.5 Å². The van der Waals surface area contributed by atoms with Gasteiger partial charge in [-0.05, 0) is 30.7 Å². The highest BCUT2D eigenvalue weighted by Gasteiger charge is 2.31. The fourth-order valence-corrected chi connectivity index (χ4v) is 4.62. The van der Waals surface area contributed by atoms with E-state index < -0.39 is 39.6 Å². The molecule has 2 aromatic heterocycles. The van der Waals surface area contributed by atoms with Crippen LogP contribution in [0.4, 0.5) is 23.8 Å². The molecular weight excluding hydrogens is 435 g/mol. The average molecular weight is 451 g/mol. The molecule has 0 atom stereocenters. The van der Waals surface area contributed by atoms with Crippen LogP contribution in [0.3, 0.4) is 0 Å². The van der Waals surface area contributed by atoms with Gasteiger partial charge in [0.2, 0.25) is 0 Å². The number of sulfonamides is 1. The first-order valence-corrected chi connectivity index (χ1v) is 10.3. The minimum absolute atomic E-state index is 0.0747. The second-order valence-electron chi connectivity index (χ2n) is 5.75. The summed E-state index contributed by atoms with van der Waals surface area (Å²) in [6.07, 6.45) is -3.50. The van der Waals surface area contributed by atoms with E-state index in [1.54, 1.807) is 11.6 Å². The van der Waals surface area contributed by atoms with Crippen molar-refractivity contribution < 1.29 is 35.9 Å². The van der Waals surface area contributed by atoms with Crippen molar-refractivity contribution in [1.82, 2.24) is 9.71 Å². The Bertz CT molecular complexity index is 1020. The molecule has 2 N–H and O–H groups in total. The molecule has 0 fully saturated rings. The Balaban J connectivity index is 2.07. The number of ether oxygens (including phenoxy) is 1. The fourth-order valence-electron chi connectivity index (χ4n) is 2.15. The zero-order chi connectivity index (χ0) is 21.8. The molecule has 0 saturated heterocycles. The molecule has 0 aliphatic rings. The normalized spacial score (nSPS) is 11.8. The number of carbonyl (C=O) groups is 2. The summed E-state index contributed by atoms with van der Waals surface area (Å²) in [5.41, 5.74) is -0.417. The minimum Gasteiger partial charge on any atom is -0.465 e. The Kier molecular flexibility index (Phi) is 6.85. The van der Waals surface area contributed by atoms with E-state index in [1.165, 1.54) is 13.0 Å². The maximum Gasteiger partial charge on any atom is 0.416 e. The summed E-state index contributed by atoms with van der Waals surface area (Å²) in [6.45, 7) is 2.98. The summed E-state index contributed by atoms with van der Waals surface area (Å²) in [5, 5.41) is 1.96. The molecule has 29 heavy (non-hydrogen) atoms. The second-order valence-corrected chi connectivity index (χ2v) is 8.79. The monoisotopic (exact) mass is 451 g/mol. The number of esters is 1. The number of alkyl halides is 3. The molecule has 0 aliphatic carbocycles. The highest BCUT2D eigenvalue weighted by molar-refractivity contribution is 7.92. The fraction of sp³-hybridized carbons (Fsp3) is 0.312. The number of hydrogen-bond acceptors (Lipinski definition) is 7. The van der Waals surface area contributed by atoms with Crippen molar-refractivity contribution in [3.05, 3.63) is 40.4 Å². The predicted octanol–water partition coefficient (Wildman–Crippen LogP) is 3.09. The van der Waals surface area contributed by atoms with Crippen molar-refractivity contribution in [2.24, 2.45) is 0 Å². The molecular formula is C16H16F3N3O5S2. The smallest absolute Gasteiger partial charge is 0.416 e. The number of nitrogens with zero attached hydrogens (tertiary/aromatic N) is 1. The zero-order valence-electron chi connectivity index (χ0n) is 15.2. The number of rotatable bonds is 6. The van der Waals surface area contributed by atoms with Crippen LogP contribution in [0.2, 0.25) is 0 Å². The number of amides is 2. The molecule has 0 radical (unpaired) electrons. The van der Waals surface area contributed by atoms with Crippen LogP contribution in [0.1, 0.15) is 22.9 Å². The molecule has 13 heteroatoms. The lowest BCUT2D eigenvalue weighted by molar-refractivity contribution is -0.141. The van der Waals surface area contributed by atoms with Crippen LogP contribution in [-0.2, 0) is 32.2 Å². The van der Waals surface area contributed by atoms with Crippen LogP contribution in [0, 0.1) is 6.92 Å². The zero-order valence-corrected chi connectivity index (χ0v) is 16.8. The van der Waals surface area contributed by atoms with Gasteiger partial charge in [0.1, 0.15) is 10.0 Å². The van der Waals surface area contributed by atoms with Crippen LogP contribution in [0.25, 0.3) is 0 Å². The summed E-state index contributed by atoms with van der Waals surface area (Å²) in [6, 6.07) is 1.37. The van der Waals surface area contributed by atoms with Gasteiger partial charge in [-0.1, -0.05) is 0 Å². The van der Waals surface area contributed by atoms with E-state index in [4.69, 9.17) is 4.74 Å². The molecule has 2 amide bonds. The summed E-state index contributed by atoms with van der Waals surface area (Å²) >= 11 is 0.886. The third-order valence-electron chi connectivity index (χ3n) is 3.45. The van der Waals surface area contributed by atoms with Gasteiger partial charge in [-0.2, -0.15) is 13.2 Å². The molecule has 2 heterocycles. The van der Waals surface area contributed by atoms with E-state index in [0.29, 0.717) is 29.0 Å². The van der Waals surface area contributed by atoms with Crippen molar-refractivity contribution >= 4 is 39.2 Å². The molecule has 2 rings (SSSR count). The highest BCUT2D eigenvalue weighted by atomic mass is 32.2. The molecule has 0 aliphatic heterocycles. The third kappa shape index (κ3) is 6.42. The van der Waals surface area contributed by atoms with Gasteiger partial charge in [-0.15, -0.1) is 11.3 Å². The maximum atomic E-state index is 12.7. The molecule has 158 valence electrons. The van der Waals surface area contributed by atoms with Crippen molar-refractivity contribution in [1.29, 1.82) is 0 Å². The number of halogens is 3. The predicted molar refractivity (Wildman–Crippen MR) is 98.0 cm³/mol. The maximum absolute atomic E-state index is 12.7. The first-order chi connectivity index (χ1) is 13.4. The lowest BCUT2D eigenvalue weighted by atomic mass is 10.2. The molecule has 0 saturated carbocycles. The second kappa shape index (κ2) is 8.78. The van der Waals surface area contributed by atoms with E-state index in [9.17, 15) is 31.2 Å². The van der Waals surface area contributed by atoms with E-state index >= 15 is 0 Å². The first kappa shape index (κ1) is 22.6. The average Bonchev–Trinajstić information content (AvgIpc) is 2.95. The van der Waals surface area contributed by atoms with Gasteiger partial charge in [0.25, 0.3) is 10.0 Å². The van der Waals surface area contributed by atoms with Crippen LogP contribution >= 0.6 is 11.3 Å². The van der Waals surface area contributed by atoms with Crippen molar-refractivity contribution in [3.8, 4) is 0 Å². The largest absolute Gasteiger partial charge is 0.465 e. The Morgan fingerprint density at radius 2 is 1.97 bits per heavy atom. The van der Waals surface area contributed by atoms with Gasteiger partial charge < -0.3 is 4.74 Å². The molecule has 2 aromatic rings. The number of hydrogen-bond donors (Lipinski definition) is 2. The van der Waals surface area contributed by atoms with Gasteiger partial charge in [0.15, 0.2) is 0 Å². The lowest BCUT2D eigenvalue weighted by Crippen LogP contribution is -2.34. The molecule has 0 spiro atoms. The number of pyridine rings is 1. The minimum atomic E-state index is -4.64. The lowest BCUT2D eigenvalue weighted by Gasteiger charge is -2.09. The number of aryl methyl sites for hydroxylation is 1. The standard InChI is InChI=1S/C16H16F3N3O5S2/c1-9-7-14(28-12(9)4-6-27-10(2)23)29(25,26)22-15(24)21-13-8-11(3-5-20-13)16(17,18)19/h3,5,7-8H,4,6H2,1-2H3,(H2,20,21,22,24). The van der Waals surface area contributed by atoms with Crippen LogP contribution < -0.4 is 10.0 Å². The molecule has 0 aromatic carbocycles. The summed E-state index contributed by atoms with van der Waals surface area (Å²) in [4.78, 5) is 26.9. The number of aromatic nitrogens is 1. The summed E-state index contributed by atoms with van der Waals surface area (Å²) in [5.74, 6) is -0.925. The highest BCUT2D eigenvalue weighted by Crippen LogP contribution is 2.30. The SMILES string of the molecule is CC(=O)OCCc1sc(S(=O)(=O)NC(=O)Nc2cc(C(F)(F)F)ccn2)cc1C. The van der Waals surface area contributed by atoms with E-state index in [1.807, 2.05) is 5.32 Å². The summed E-state index contributed by atoms with van der Waals surface area (Å²) < 4.78 is 69.2. The number of urea groups is 1. The third-order valence-corrected chi connectivity index (χ3v) is 6.55. The van der Waals surface area contributed by atoms with E-state index in [2.05, 4.69) is 4.98 Å². The van der Waals surface area contributed by atoms with Crippen LogP contribution in [-0.4, -0.2) is 32.0 Å². The van der Waals surface area contributed by atoms with Crippen LogP contribution in [0.5, 0.6) is 0 Å². The van der Waals surface area contributed by atoms with Gasteiger partial charge in [-0.3, -0.25) is 10.1 Å². The quantitative estimate of drug-likeness (QED) is 0.653. The van der Waals surface area contributed by atoms with Crippen molar-refractivity contribution in [2.45, 2.75) is 30.7 Å². The van der Waals surface area contributed by atoms with Crippen LogP contribution in [0.15, 0.2) is 28.6 Å². The van der Waals surface area contributed by atoms with E-state index in [-0.39, 0.29) is 10.8 Å². The summed E-state index contributed by atoms with van der Waals surface area (Å²) in [7, 11) is -4.26. The topological polar surface area (TPSA) is 114 Å². The number of carbonyl (C=O) groups excluding carboxylic acids is 2. The Labute approximate surface area is 168 Å². The number of anilines is 1. The Morgan fingerprint density at radius 1 is 1.28 bits per heavy atom. The first-order valence-electron chi connectivity index (χ1n) is 7.98. The Hall–Kier alpha value is -2.67. The van der Waals surface area contributed by atoms with Crippen molar-refractivity contribution in [3.63, 3.8) is 0 Å². The number of nitrogens with one attached hydrogen (secondary N) is 2. The Morgan fingerprint density at radius 3 is 2.59 bits per heavy atom. The molecule has 0 unspecified atom stereocenters. The number of thiophene rings is 1. The molecule has 0 bridgehead atoms. The molecule has 8 nitrogen and oxygen atoms in total.